The molecule has 3 aromatic carbocycles. The second-order valence-corrected chi connectivity index (χ2v) is 10.9. The number of rotatable bonds is 9. The molecular weight excluding hydrogens is 542 g/mol. The number of hydrogen-bond acceptors (Lipinski definition) is 6. The standard InChI is InChI=1S/C35H39N3O5/c1-4-42-35(39)34-27(17-11-21-43-31-18-9-13-24-12-5-6-14-25(24)31)26-15-10-16-28-32-29(36-37(2)30(32)23-40-3)22-41-20-8-7-19-38(34)33(26)28/h5-6,9-10,12-16,18H,4,7-8,11,17,19-23H2,1-3H3. The number of aromatic nitrogens is 3. The maximum Gasteiger partial charge on any atom is 0.355 e. The number of fused-ring (bicyclic) bond motifs is 3. The Bertz CT molecular complexity index is 1750. The molecule has 0 saturated carbocycles. The van der Waals surface area contributed by atoms with Gasteiger partial charge in [0.2, 0.25) is 0 Å². The fraction of sp³-hybridized carbons (Fsp3) is 0.371. The highest BCUT2D eigenvalue weighted by molar-refractivity contribution is 6.05. The highest BCUT2D eigenvalue weighted by Gasteiger charge is 2.28. The van der Waals surface area contributed by atoms with Gasteiger partial charge in [-0.2, -0.15) is 5.10 Å². The van der Waals surface area contributed by atoms with Crippen LogP contribution in [0.1, 0.15) is 53.6 Å². The largest absolute Gasteiger partial charge is 0.493 e. The molecule has 1 aliphatic heterocycles. The lowest BCUT2D eigenvalue weighted by atomic mass is 9.98. The van der Waals surface area contributed by atoms with E-state index in [-0.39, 0.29) is 5.97 Å². The SMILES string of the molecule is CCOC(=O)c1c(CCCOc2cccc3ccccc23)c2cccc3c2n1CCCCOCc1nn(C)c(COC)c1-3. The van der Waals surface area contributed by atoms with Crippen molar-refractivity contribution in [3.05, 3.63) is 83.3 Å². The summed E-state index contributed by atoms with van der Waals surface area (Å²) in [6.07, 6.45) is 3.19. The molecule has 0 radical (unpaired) electrons. The zero-order valence-corrected chi connectivity index (χ0v) is 25.2. The van der Waals surface area contributed by atoms with E-state index in [9.17, 15) is 4.79 Å². The van der Waals surface area contributed by atoms with Crippen LogP contribution in [0.4, 0.5) is 0 Å². The van der Waals surface area contributed by atoms with Crippen LogP contribution >= 0.6 is 0 Å². The summed E-state index contributed by atoms with van der Waals surface area (Å²) in [5.74, 6) is 0.587. The number of carbonyl (C=O) groups is 1. The van der Waals surface area contributed by atoms with Crippen molar-refractivity contribution in [3.63, 3.8) is 0 Å². The van der Waals surface area contributed by atoms with Gasteiger partial charge in [0.1, 0.15) is 11.4 Å². The van der Waals surface area contributed by atoms with Crippen LogP contribution in [-0.4, -0.2) is 47.2 Å². The summed E-state index contributed by atoms with van der Waals surface area (Å²) in [4.78, 5) is 13.7. The summed E-state index contributed by atoms with van der Waals surface area (Å²) in [5, 5.41) is 8.15. The van der Waals surface area contributed by atoms with E-state index in [0.717, 1.165) is 74.8 Å². The molecule has 0 aliphatic carbocycles. The molecule has 0 N–H and O–H groups in total. The molecule has 8 heteroatoms. The predicted molar refractivity (Wildman–Crippen MR) is 167 cm³/mol. The van der Waals surface area contributed by atoms with Crippen LogP contribution < -0.4 is 4.74 Å². The molecule has 0 saturated heterocycles. The van der Waals surface area contributed by atoms with Crippen molar-refractivity contribution in [2.45, 2.75) is 52.4 Å². The van der Waals surface area contributed by atoms with Crippen LogP contribution in [0.15, 0.2) is 60.7 Å². The number of nitrogens with zero attached hydrogens (tertiary/aromatic N) is 3. The molecule has 0 atom stereocenters. The molecule has 0 fully saturated rings. The Balaban J connectivity index is 1.43. The second-order valence-electron chi connectivity index (χ2n) is 10.9. The summed E-state index contributed by atoms with van der Waals surface area (Å²) in [6, 6.07) is 20.7. The van der Waals surface area contributed by atoms with Crippen LogP contribution in [0, 0.1) is 0 Å². The predicted octanol–water partition coefficient (Wildman–Crippen LogP) is 6.84. The monoisotopic (exact) mass is 581 g/mol. The molecule has 3 heterocycles. The van der Waals surface area contributed by atoms with E-state index >= 15 is 0 Å². The van der Waals surface area contributed by atoms with E-state index in [1.165, 1.54) is 0 Å². The van der Waals surface area contributed by atoms with E-state index < -0.39 is 0 Å². The average molecular weight is 582 g/mol. The quantitative estimate of drug-likeness (QED) is 0.140. The Morgan fingerprint density at radius 2 is 1.84 bits per heavy atom. The van der Waals surface area contributed by atoms with Crippen molar-refractivity contribution in [2.75, 3.05) is 26.9 Å². The fourth-order valence-electron chi connectivity index (χ4n) is 6.32. The Hall–Kier alpha value is -4.14. The molecule has 6 rings (SSSR count). The van der Waals surface area contributed by atoms with E-state index in [2.05, 4.69) is 41.0 Å². The summed E-state index contributed by atoms with van der Waals surface area (Å²) in [5.41, 5.74) is 6.56. The second kappa shape index (κ2) is 13.0. The van der Waals surface area contributed by atoms with E-state index in [4.69, 9.17) is 24.0 Å². The summed E-state index contributed by atoms with van der Waals surface area (Å²) < 4.78 is 27.7. The first-order valence-corrected chi connectivity index (χ1v) is 15.2. The minimum atomic E-state index is -0.288. The smallest absolute Gasteiger partial charge is 0.355 e. The normalized spacial score (nSPS) is 13.6. The van der Waals surface area contributed by atoms with Gasteiger partial charge in [-0.15, -0.1) is 0 Å². The minimum Gasteiger partial charge on any atom is -0.493 e. The van der Waals surface area contributed by atoms with Crippen molar-refractivity contribution >= 4 is 27.6 Å². The summed E-state index contributed by atoms with van der Waals surface area (Å²) in [7, 11) is 3.64. The number of carbonyl (C=O) groups excluding carboxylic acids is 1. The molecule has 43 heavy (non-hydrogen) atoms. The molecule has 8 nitrogen and oxygen atoms in total. The minimum absolute atomic E-state index is 0.288. The Kier molecular flexibility index (Phi) is 8.77. The van der Waals surface area contributed by atoms with Gasteiger partial charge in [-0.25, -0.2) is 4.79 Å². The molecule has 0 amide bonds. The highest BCUT2D eigenvalue weighted by Crippen LogP contribution is 2.39. The van der Waals surface area contributed by atoms with Gasteiger partial charge in [0.15, 0.2) is 0 Å². The van der Waals surface area contributed by atoms with Gasteiger partial charge in [0.05, 0.1) is 43.3 Å². The summed E-state index contributed by atoms with van der Waals surface area (Å²) in [6.45, 7) is 4.86. The Labute approximate surface area is 252 Å². The summed E-state index contributed by atoms with van der Waals surface area (Å²) >= 11 is 0. The van der Waals surface area contributed by atoms with Crippen molar-refractivity contribution in [1.29, 1.82) is 0 Å². The lowest BCUT2D eigenvalue weighted by Gasteiger charge is -2.14. The lowest BCUT2D eigenvalue weighted by Crippen LogP contribution is -2.15. The van der Waals surface area contributed by atoms with Crippen LogP contribution in [0.3, 0.4) is 0 Å². The number of esters is 1. The molecule has 5 aromatic rings. The third-order valence-corrected chi connectivity index (χ3v) is 8.18. The molecule has 1 aliphatic rings. The first-order chi connectivity index (χ1) is 21.1. The highest BCUT2D eigenvalue weighted by atomic mass is 16.5. The van der Waals surface area contributed by atoms with Gasteiger partial charge in [-0.05, 0) is 49.6 Å². The van der Waals surface area contributed by atoms with Crippen molar-refractivity contribution in [2.24, 2.45) is 7.05 Å². The number of hydrogen-bond donors (Lipinski definition) is 0. The van der Waals surface area contributed by atoms with Crippen molar-refractivity contribution in [1.82, 2.24) is 14.3 Å². The van der Waals surface area contributed by atoms with Crippen molar-refractivity contribution < 1.29 is 23.7 Å². The molecule has 0 unspecified atom stereocenters. The van der Waals surface area contributed by atoms with E-state index in [1.54, 1.807) is 7.11 Å². The molecule has 2 aromatic heterocycles. The maximum atomic E-state index is 13.7. The van der Waals surface area contributed by atoms with Gasteiger partial charge in [-0.3, -0.25) is 4.68 Å². The van der Waals surface area contributed by atoms with Gasteiger partial charge in [0.25, 0.3) is 0 Å². The lowest BCUT2D eigenvalue weighted by molar-refractivity contribution is 0.0512. The Morgan fingerprint density at radius 3 is 2.70 bits per heavy atom. The number of benzene rings is 3. The molecular formula is C35H39N3O5. The van der Waals surface area contributed by atoms with Gasteiger partial charge in [0, 0.05) is 49.2 Å². The van der Waals surface area contributed by atoms with Crippen LogP contribution in [0.5, 0.6) is 5.75 Å². The zero-order valence-electron chi connectivity index (χ0n) is 25.2. The van der Waals surface area contributed by atoms with Gasteiger partial charge < -0.3 is 23.5 Å². The van der Waals surface area contributed by atoms with Crippen LogP contribution in [0.25, 0.3) is 32.8 Å². The third-order valence-electron chi connectivity index (χ3n) is 8.18. The number of methoxy groups -OCH3 is 1. The van der Waals surface area contributed by atoms with Gasteiger partial charge in [-0.1, -0.05) is 54.6 Å². The molecule has 224 valence electrons. The first kappa shape index (κ1) is 29.0. The topological polar surface area (TPSA) is 76.7 Å². The molecule has 0 bridgehead atoms. The van der Waals surface area contributed by atoms with Crippen molar-refractivity contribution in [3.8, 4) is 16.9 Å². The molecule has 0 spiro atoms. The number of aryl methyl sites for hydroxylation is 3. The Morgan fingerprint density at radius 1 is 1.02 bits per heavy atom. The zero-order chi connectivity index (χ0) is 29.8. The third kappa shape index (κ3) is 5.65. The fourth-order valence-corrected chi connectivity index (χ4v) is 6.32. The van der Waals surface area contributed by atoms with Crippen LogP contribution in [0.2, 0.25) is 0 Å². The number of ether oxygens (including phenoxy) is 4. The average Bonchev–Trinajstić information content (AvgIpc) is 3.49. The maximum absolute atomic E-state index is 13.7. The first-order valence-electron chi connectivity index (χ1n) is 15.2. The van der Waals surface area contributed by atoms with Gasteiger partial charge >= 0.3 is 5.97 Å². The van der Waals surface area contributed by atoms with E-state index in [1.807, 2.05) is 42.9 Å². The van der Waals surface area contributed by atoms with E-state index in [0.29, 0.717) is 51.7 Å². The number of para-hydroxylation sites is 1. The van der Waals surface area contributed by atoms with Crippen LogP contribution in [-0.2, 0) is 47.4 Å².